The highest BCUT2D eigenvalue weighted by atomic mass is 32.1. The first-order valence-electron chi connectivity index (χ1n) is 6.47. The molecule has 0 aromatic heterocycles. The molecule has 1 atom stereocenters. The summed E-state index contributed by atoms with van der Waals surface area (Å²) in [5, 5.41) is 0.537. The Labute approximate surface area is 96.3 Å². The number of hydrogen-bond donors (Lipinski definition) is 0. The van der Waals surface area contributed by atoms with Crippen LogP contribution in [-0.4, -0.2) is 5.25 Å². The summed E-state index contributed by atoms with van der Waals surface area (Å²) in [5.41, 5.74) is 0. The van der Waals surface area contributed by atoms with Crippen LogP contribution in [0.15, 0.2) is 0 Å². The van der Waals surface area contributed by atoms with Crippen molar-refractivity contribution < 1.29 is 0 Å². The summed E-state index contributed by atoms with van der Waals surface area (Å²) in [6.07, 6.45) is 13.7. The Balaban J connectivity index is 2.92. The number of rotatable bonds is 10. The molecule has 0 aromatic carbocycles. The van der Waals surface area contributed by atoms with Gasteiger partial charge < -0.3 is 0 Å². The maximum Gasteiger partial charge on any atom is 0.0149 e. The maximum absolute atomic E-state index is 5.27. The molecule has 0 rings (SSSR count). The Bertz CT molecular complexity index is 101. The summed E-state index contributed by atoms with van der Waals surface area (Å²) in [5.74, 6) is 0. The molecule has 0 N–H and O–H groups in total. The van der Waals surface area contributed by atoms with Crippen LogP contribution in [0.2, 0.25) is 0 Å². The zero-order valence-corrected chi connectivity index (χ0v) is 10.9. The summed E-state index contributed by atoms with van der Waals surface area (Å²) >= 11 is 5.27. The molecule has 0 aliphatic rings. The van der Waals surface area contributed by atoms with Crippen LogP contribution < -0.4 is 0 Å². The zero-order chi connectivity index (χ0) is 10.6. The molecule has 14 heavy (non-hydrogen) atoms. The van der Waals surface area contributed by atoms with E-state index in [9.17, 15) is 0 Å². The van der Waals surface area contributed by atoms with Gasteiger partial charge in [-0.1, -0.05) is 77.8 Å². The molecule has 85 valence electrons. The first-order valence-corrected chi connectivity index (χ1v) is 6.94. The van der Waals surface area contributed by atoms with Gasteiger partial charge in [0.15, 0.2) is 0 Å². The van der Waals surface area contributed by atoms with Crippen molar-refractivity contribution >= 4 is 12.6 Å². The highest BCUT2D eigenvalue weighted by molar-refractivity contribution is 7.80. The molecule has 1 heteroatoms. The van der Waals surface area contributed by atoms with Gasteiger partial charge in [0.2, 0.25) is 0 Å². The molecule has 0 saturated carbocycles. The van der Waals surface area contributed by atoms with Gasteiger partial charge in [-0.3, -0.25) is 0 Å². The molecule has 0 aromatic rings. The third-order valence-corrected chi connectivity index (χ3v) is 3.40. The summed E-state index contributed by atoms with van der Waals surface area (Å²) < 4.78 is 0. The largest absolute Gasteiger partial charge is 0.0905 e. The van der Waals surface area contributed by atoms with E-state index in [-0.39, 0.29) is 0 Å². The SMILES string of the molecule is CCCCCCCCCCC([S])CC. The van der Waals surface area contributed by atoms with Crippen LogP contribution in [0.1, 0.15) is 78.1 Å². The molecule has 0 fully saturated rings. The van der Waals surface area contributed by atoms with Crippen molar-refractivity contribution in [3.05, 3.63) is 0 Å². The van der Waals surface area contributed by atoms with Gasteiger partial charge in [0.05, 0.1) is 0 Å². The first kappa shape index (κ1) is 14.3. The highest BCUT2D eigenvalue weighted by Crippen LogP contribution is 2.14. The molecular weight excluding hydrogens is 188 g/mol. The molecule has 0 aliphatic heterocycles. The van der Waals surface area contributed by atoms with Crippen molar-refractivity contribution in [3.63, 3.8) is 0 Å². The number of unbranched alkanes of at least 4 members (excludes halogenated alkanes) is 7. The van der Waals surface area contributed by atoms with Gasteiger partial charge in [0.25, 0.3) is 0 Å². The molecule has 0 amide bonds. The summed E-state index contributed by atoms with van der Waals surface area (Å²) in [6, 6.07) is 0. The highest BCUT2D eigenvalue weighted by Gasteiger charge is 1.99. The summed E-state index contributed by atoms with van der Waals surface area (Å²) in [6.45, 7) is 4.47. The smallest absolute Gasteiger partial charge is 0.0149 e. The molecule has 1 unspecified atom stereocenters. The van der Waals surface area contributed by atoms with Crippen molar-refractivity contribution in [2.45, 2.75) is 83.3 Å². The Kier molecular flexibility index (Phi) is 11.7. The van der Waals surface area contributed by atoms with Crippen molar-refractivity contribution in [1.82, 2.24) is 0 Å². The lowest BCUT2D eigenvalue weighted by Crippen LogP contribution is -1.95. The molecular formula is C13H27S. The van der Waals surface area contributed by atoms with Crippen molar-refractivity contribution in [2.75, 3.05) is 0 Å². The Morgan fingerprint density at radius 1 is 0.786 bits per heavy atom. The van der Waals surface area contributed by atoms with Crippen LogP contribution in [0.4, 0.5) is 0 Å². The predicted molar refractivity (Wildman–Crippen MR) is 68.9 cm³/mol. The minimum Gasteiger partial charge on any atom is -0.0905 e. The van der Waals surface area contributed by atoms with E-state index in [0.29, 0.717) is 5.25 Å². The first-order chi connectivity index (χ1) is 6.81. The minimum atomic E-state index is 0.537. The predicted octanol–water partition coefficient (Wildman–Crippen LogP) is 5.49. The molecule has 1 radical (unpaired) electrons. The molecule has 0 saturated heterocycles. The molecule has 0 bridgehead atoms. The van der Waals surface area contributed by atoms with Crippen LogP contribution in [0.25, 0.3) is 0 Å². The monoisotopic (exact) mass is 215 g/mol. The van der Waals surface area contributed by atoms with E-state index < -0.39 is 0 Å². The van der Waals surface area contributed by atoms with E-state index in [1.165, 1.54) is 64.2 Å². The fourth-order valence-corrected chi connectivity index (χ4v) is 1.88. The molecule has 0 aliphatic carbocycles. The van der Waals surface area contributed by atoms with E-state index in [1.807, 2.05) is 0 Å². The van der Waals surface area contributed by atoms with Crippen molar-refractivity contribution in [2.24, 2.45) is 0 Å². The van der Waals surface area contributed by atoms with Crippen LogP contribution >= 0.6 is 12.6 Å². The fourth-order valence-electron chi connectivity index (χ4n) is 1.71. The van der Waals surface area contributed by atoms with E-state index in [4.69, 9.17) is 12.6 Å². The second-order valence-electron chi connectivity index (χ2n) is 4.29. The third-order valence-electron chi connectivity index (χ3n) is 2.83. The maximum atomic E-state index is 5.27. The lowest BCUT2D eigenvalue weighted by molar-refractivity contribution is 0.558. The van der Waals surface area contributed by atoms with Crippen LogP contribution in [-0.2, 0) is 0 Å². The third kappa shape index (κ3) is 10.4. The Morgan fingerprint density at radius 2 is 1.29 bits per heavy atom. The minimum absolute atomic E-state index is 0.537. The second kappa shape index (κ2) is 11.4. The van der Waals surface area contributed by atoms with Gasteiger partial charge in [-0.2, -0.15) is 0 Å². The standard InChI is InChI=1S/C13H27S/c1-3-5-6-7-8-9-10-11-12-13(14)4-2/h13H,3-12H2,1-2H3. The van der Waals surface area contributed by atoms with Gasteiger partial charge in [0.1, 0.15) is 0 Å². The van der Waals surface area contributed by atoms with E-state index in [2.05, 4.69) is 13.8 Å². The lowest BCUT2D eigenvalue weighted by Gasteiger charge is -2.05. The zero-order valence-electron chi connectivity index (χ0n) is 10.1. The van der Waals surface area contributed by atoms with E-state index >= 15 is 0 Å². The Hall–Kier alpha value is 0.350. The molecule has 0 spiro atoms. The van der Waals surface area contributed by atoms with E-state index in [0.717, 1.165) is 0 Å². The van der Waals surface area contributed by atoms with Crippen LogP contribution in [0.3, 0.4) is 0 Å². The fraction of sp³-hybridized carbons (Fsp3) is 1.00. The topological polar surface area (TPSA) is 0 Å². The lowest BCUT2D eigenvalue weighted by atomic mass is 10.1. The van der Waals surface area contributed by atoms with Gasteiger partial charge in [-0.15, -0.1) is 0 Å². The van der Waals surface area contributed by atoms with Gasteiger partial charge in [-0.05, 0) is 12.8 Å². The van der Waals surface area contributed by atoms with Gasteiger partial charge in [-0.25, -0.2) is 0 Å². The number of hydrogen-bond acceptors (Lipinski definition) is 0. The molecule has 0 heterocycles. The van der Waals surface area contributed by atoms with Crippen molar-refractivity contribution in [1.29, 1.82) is 0 Å². The van der Waals surface area contributed by atoms with E-state index in [1.54, 1.807) is 0 Å². The average molecular weight is 215 g/mol. The molecule has 0 nitrogen and oxygen atoms in total. The van der Waals surface area contributed by atoms with Crippen LogP contribution in [0, 0.1) is 0 Å². The summed E-state index contributed by atoms with van der Waals surface area (Å²) in [7, 11) is 0. The van der Waals surface area contributed by atoms with Gasteiger partial charge in [0, 0.05) is 5.25 Å². The van der Waals surface area contributed by atoms with Crippen LogP contribution in [0.5, 0.6) is 0 Å². The summed E-state index contributed by atoms with van der Waals surface area (Å²) in [4.78, 5) is 0. The second-order valence-corrected chi connectivity index (χ2v) is 4.96. The van der Waals surface area contributed by atoms with Crippen molar-refractivity contribution in [3.8, 4) is 0 Å². The Morgan fingerprint density at radius 3 is 1.79 bits per heavy atom. The quantitative estimate of drug-likeness (QED) is 0.422. The normalized spacial score (nSPS) is 13.1. The average Bonchev–Trinajstić information content (AvgIpc) is 2.21. The van der Waals surface area contributed by atoms with Gasteiger partial charge >= 0.3 is 0 Å².